The van der Waals surface area contributed by atoms with E-state index in [-0.39, 0.29) is 10.6 Å². The molecule has 1 aromatic carbocycles. The summed E-state index contributed by atoms with van der Waals surface area (Å²) in [5, 5.41) is 10.9. The van der Waals surface area contributed by atoms with Crippen LogP contribution in [0, 0.1) is 10.1 Å². The zero-order valence-electron chi connectivity index (χ0n) is 10.1. The van der Waals surface area contributed by atoms with Gasteiger partial charge in [-0.3, -0.25) is 10.1 Å². The molecule has 0 aliphatic carbocycles. The smallest absolute Gasteiger partial charge is 0.311 e. The average molecular weight is 236 g/mol. The highest BCUT2D eigenvalue weighted by molar-refractivity contribution is 5.66. The molecule has 5 nitrogen and oxygen atoms in total. The molecule has 1 aliphatic heterocycles. The van der Waals surface area contributed by atoms with Crippen LogP contribution in [-0.4, -0.2) is 25.6 Å². The van der Waals surface area contributed by atoms with E-state index in [1.165, 1.54) is 13.2 Å². The summed E-state index contributed by atoms with van der Waals surface area (Å²) in [6.07, 6.45) is 2.97. The molecule has 0 amide bonds. The minimum absolute atomic E-state index is 0.0570. The second kappa shape index (κ2) is 4.61. The number of benzene rings is 1. The van der Waals surface area contributed by atoms with Gasteiger partial charge in [0.15, 0.2) is 0 Å². The number of ether oxygens (including phenoxy) is 1. The number of hydrogen-bond donors (Lipinski definition) is 0. The van der Waals surface area contributed by atoms with E-state index in [2.05, 4.69) is 4.90 Å². The lowest BCUT2D eigenvalue weighted by atomic mass is 10.1. The van der Waals surface area contributed by atoms with E-state index in [1.807, 2.05) is 13.1 Å². The third-order valence-electron chi connectivity index (χ3n) is 3.20. The summed E-state index contributed by atoms with van der Waals surface area (Å²) in [7, 11) is 3.50. The summed E-state index contributed by atoms with van der Waals surface area (Å²) in [4.78, 5) is 12.7. The van der Waals surface area contributed by atoms with Crippen LogP contribution in [0.25, 0.3) is 0 Å². The van der Waals surface area contributed by atoms with E-state index in [9.17, 15) is 10.1 Å². The Kier molecular flexibility index (Phi) is 3.17. The quantitative estimate of drug-likeness (QED) is 0.584. The van der Waals surface area contributed by atoms with E-state index in [1.54, 1.807) is 0 Å². The van der Waals surface area contributed by atoms with Crippen molar-refractivity contribution in [3.63, 3.8) is 0 Å². The lowest BCUT2D eigenvalue weighted by Gasteiger charge is -2.20. The highest BCUT2D eigenvalue weighted by Gasteiger charge is 2.24. The number of fused-ring (bicyclic) bond motifs is 1. The fourth-order valence-electron chi connectivity index (χ4n) is 2.35. The van der Waals surface area contributed by atoms with Gasteiger partial charge in [-0.05, 0) is 25.3 Å². The van der Waals surface area contributed by atoms with Crippen LogP contribution in [0.2, 0.25) is 0 Å². The van der Waals surface area contributed by atoms with Gasteiger partial charge in [-0.25, -0.2) is 0 Å². The molecule has 0 atom stereocenters. The van der Waals surface area contributed by atoms with Crippen LogP contribution in [0.15, 0.2) is 12.1 Å². The van der Waals surface area contributed by atoms with Crippen molar-refractivity contribution in [1.82, 2.24) is 0 Å². The van der Waals surface area contributed by atoms with E-state index in [0.717, 1.165) is 37.1 Å². The Morgan fingerprint density at radius 2 is 2.18 bits per heavy atom. The van der Waals surface area contributed by atoms with E-state index in [4.69, 9.17) is 4.74 Å². The maximum Gasteiger partial charge on any atom is 0.311 e. The first-order valence-electron chi connectivity index (χ1n) is 5.70. The van der Waals surface area contributed by atoms with Crippen molar-refractivity contribution >= 4 is 11.4 Å². The van der Waals surface area contributed by atoms with Crippen molar-refractivity contribution in [3.05, 3.63) is 27.8 Å². The van der Waals surface area contributed by atoms with Crippen molar-refractivity contribution in [2.24, 2.45) is 0 Å². The van der Waals surface area contributed by atoms with E-state index < -0.39 is 0 Å². The number of methoxy groups -OCH3 is 1. The first-order chi connectivity index (χ1) is 8.15. The van der Waals surface area contributed by atoms with Gasteiger partial charge in [0.25, 0.3) is 0 Å². The fourth-order valence-corrected chi connectivity index (χ4v) is 2.35. The largest absolute Gasteiger partial charge is 0.490 e. The minimum Gasteiger partial charge on any atom is -0.490 e. The second-order valence-electron chi connectivity index (χ2n) is 4.25. The SMILES string of the molecule is COc1c([N+](=O)[O-])ccc2c1CCCCN2C. The molecule has 0 saturated heterocycles. The Morgan fingerprint density at radius 3 is 2.82 bits per heavy atom. The third-order valence-corrected chi connectivity index (χ3v) is 3.20. The molecule has 92 valence electrons. The molecule has 0 fully saturated rings. The topological polar surface area (TPSA) is 55.6 Å². The number of rotatable bonds is 2. The summed E-state index contributed by atoms with van der Waals surface area (Å²) >= 11 is 0. The summed E-state index contributed by atoms with van der Waals surface area (Å²) in [5.74, 6) is 0.418. The number of nitro groups is 1. The molecule has 0 radical (unpaired) electrons. The van der Waals surface area contributed by atoms with Crippen molar-refractivity contribution in [1.29, 1.82) is 0 Å². The standard InChI is InChI=1S/C12H16N2O3/c1-13-8-4-3-5-9-10(13)6-7-11(14(15)16)12(9)17-2/h6-7H,3-5,8H2,1-2H3. The molecule has 1 aromatic rings. The third kappa shape index (κ3) is 2.05. The highest BCUT2D eigenvalue weighted by Crippen LogP contribution is 2.39. The second-order valence-corrected chi connectivity index (χ2v) is 4.25. The molecule has 0 aromatic heterocycles. The summed E-state index contributed by atoms with van der Waals surface area (Å²) in [5.41, 5.74) is 2.06. The molecule has 2 rings (SSSR count). The Bertz CT molecular complexity index is 446. The number of nitro benzene ring substituents is 1. The van der Waals surface area contributed by atoms with Gasteiger partial charge >= 0.3 is 5.69 Å². The Morgan fingerprint density at radius 1 is 1.41 bits per heavy atom. The Hall–Kier alpha value is -1.78. The zero-order valence-corrected chi connectivity index (χ0v) is 10.1. The lowest BCUT2D eigenvalue weighted by Crippen LogP contribution is -2.18. The number of hydrogen-bond acceptors (Lipinski definition) is 4. The van der Waals surface area contributed by atoms with Gasteiger partial charge < -0.3 is 9.64 Å². The van der Waals surface area contributed by atoms with Gasteiger partial charge in [0.1, 0.15) is 0 Å². The van der Waals surface area contributed by atoms with Gasteiger partial charge in [-0.1, -0.05) is 0 Å². The van der Waals surface area contributed by atoms with Crippen LogP contribution < -0.4 is 9.64 Å². The molecule has 0 unspecified atom stereocenters. The van der Waals surface area contributed by atoms with Crippen LogP contribution in [0.3, 0.4) is 0 Å². The molecule has 17 heavy (non-hydrogen) atoms. The molecule has 0 N–H and O–H groups in total. The maximum absolute atomic E-state index is 10.9. The molecular formula is C12H16N2O3. The predicted octanol–water partition coefficient (Wildman–Crippen LogP) is 2.38. The lowest BCUT2D eigenvalue weighted by molar-refractivity contribution is -0.385. The van der Waals surface area contributed by atoms with Crippen molar-refractivity contribution < 1.29 is 9.66 Å². The first kappa shape index (κ1) is 11.7. The van der Waals surface area contributed by atoms with Gasteiger partial charge in [-0.2, -0.15) is 0 Å². The molecular weight excluding hydrogens is 220 g/mol. The molecule has 0 spiro atoms. The average Bonchev–Trinajstić information content (AvgIpc) is 2.50. The van der Waals surface area contributed by atoms with Gasteiger partial charge in [-0.15, -0.1) is 0 Å². The Balaban J connectivity index is 2.59. The molecule has 1 aliphatic rings. The van der Waals surface area contributed by atoms with Gasteiger partial charge in [0, 0.05) is 30.9 Å². The van der Waals surface area contributed by atoms with E-state index >= 15 is 0 Å². The van der Waals surface area contributed by atoms with Crippen molar-refractivity contribution in [2.45, 2.75) is 19.3 Å². The first-order valence-corrected chi connectivity index (χ1v) is 5.70. The summed E-state index contributed by atoms with van der Waals surface area (Å²) in [6, 6.07) is 3.35. The monoisotopic (exact) mass is 236 g/mol. The van der Waals surface area contributed by atoms with Crippen LogP contribution in [0.5, 0.6) is 5.75 Å². The number of anilines is 1. The van der Waals surface area contributed by atoms with Crippen molar-refractivity contribution in [3.8, 4) is 5.75 Å². The van der Waals surface area contributed by atoms with E-state index in [0.29, 0.717) is 5.75 Å². The van der Waals surface area contributed by atoms with Gasteiger partial charge in [0.05, 0.1) is 12.0 Å². The predicted molar refractivity (Wildman–Crippen MR) is 65.9 cm³/mol. The zero-order chi connectivity index (χ0) is 12.4. The van der Waals surface area contributed by atoms with Crippen LogP contribution >= 0.6 is 0 Å². The fraction of sp³-hybridized carbons (Fsp3) is 0.500. The van der Waals surface area contributed by atoms with Gasteiger partial charge in [0.2, 0.25) is 5.75 Å². The molecule has 1 heterocycles. The highest BCUT2D eigenvalue weighted by atomic mass is 16.6. The van der Waals surface area contributed by atoms with Crippen LogP contribution in [0.1, 0.15) is 18.4 Å². The van der Waals surface area contributed by atoms with Crippen molar-refractivity contribution in [2.75, 3.05) is 25.6 Å². The molecule has 0 saturated carbocycles. The minimum atomic E-state index is -0.385. The molecule has 5 heteroatoms. The summed E-state index contributed by atoms with van der Waals surface area (Å²) in [6.45, 7) is 0.980. The normalized spacial score (nSPS) is 15.1. The van der Waals surface area contributed by atoms with Crippen LogP contribution in [0.4, 0.5) is 11.4 Å². The number of nitrogens with zero attached hydrogens (tertiary/aromatic N) is 2. The molecule has 0 bridgehead atoms. The summed E-state index contributed by atoms with van der Waals surface area (Å²) < 4.78 is 5.24. The Labute approximate surface area is 100 Å². The maximum atomic E-state index is 10.9. The van der Waals surface area contributed by atoms with Crippen LogP contribution in [-0.2, 0) is 6.42 Å².